The van der Waals surface area contributed by atoms with E-state index in [1.807, 2.05) is 27.7 Å². The zero-order valence-corrected chi connectivity index (χ0v) is 23.4. The third-order valence-electron chi connectivity index (χ3n) is 7.16. The maximum absolute atomic E-state index is 13.2. The van der Waals surface area contributed by atoms with Gasteiger partial charge >= 0.3 is 0 Å². The standard InChI is InChI=1S/C32H36N2O6/c1-31(2)15-21(33-19-9-5-7-11-23(19)35)29(27(39)17-31)25(37)13-14-26(38)30-22(16-32(3,4)18-28(30)40)34-20-10-6-8-12-24(20)36/h5-12,35-38H,13-18H2,1-4H3/b29-25+,30-26+,33-21?,34-22?. The SMILES string of the molecule is CC1(C)CC(=O)/C(=C(/O)CC/C(O)=C2\C(=O)CC(C)(C)CC2=Nc2ccccc2O)C(=Nc2ccccc2O)C1. The van der Waals surface area contributed by atoms with Gasteiger partial charge in [0.1, 0.15) is 34.4 Å². The molecule has 0 saturated heterocycles. The van der Waals surface area contributed by atoms with Crippen molar-refractivity contribution in [2.45, 2.75) is 66.2 Å². The van der Waals surface area contributed by atoms with Crippen molar-refractivity contribution < 1.29 is 30.0 Å². The summed E-state index contributed by atoms with van der Waals surface area (Å²) >= 11 is 0. The number of rotatable bonds is 5. The van der Waals surface area contributed by atoms with Crippen LogP contribution < -0.4 is 0 Å². The zero-order chi connectivity index (χ0) is 29.2. The van der Waals surface area contributed by atoms with Crippen molar-refractivity contribution in [3.05, 3.63) is 71.2 Å². The molecular formula is C32H36N2O6. The zero-order valence-electron chi connectivity index (χ0n) is 23.4. The molecule has 2 aliphatic carbocycles. The minimum Gasteiger partial charge on any atom is -0.511 e. The summed E-state index contributed by atoms with van der Waals surface area (Å²) in [7, 11) is 0. The molecule has 0 aromatic heterocycles. The summed E-state index contributed by atoms with van der Waals surface area (Å²) < 4.78 is 0. The smallest absolute Gasteiger partial charge is 0.168 e. The van der Waals surface area contributed by atoms with Crippen LogP contribution >= 0.6 is 0 Å². The van der Waals surface area contributed by atoms with Gasteiger partial charge in [0.15, 0.2) is 11.6 Å². The Bertz CT molecular complexity index is 1360. The van der Waals surface area contributed by atoms with Gasteiger partial charge in [0.2, 0.25) is 0 Å². The van der Waals surface area contributed by atoms with Gasteiger partial charge in [-0.2, -0.15) is 0 Å². The lowest BCUT2D eigenvalue weighted by Crippen LogP contribution is -2.33. The molecule has 2 aromatic rings. The molecule has 8 nitrogen and oxygen atoms in total. The van der Waals surface area contributed by atoms with Crippen LogP contribution in [0.4, 0.5) is 11.4 Å². The van der Waals surface area contributed by atoms with Crippen molar-refractivity contribution in [2.75, 3.05) is 0 Å². The molecule has 0 aliphatic heterocycles. The van der Waals surface area contributed by atoms with E-state index >= 15 is 0 Å². The Hall–Kier alpha value is -4.20. The van der Waals surface area contributed by atoms with Crippen molar-refractivity contribution in [3.8, 4) is 11.5 Å². The molecular weight excluding hydrogens is 508 g/mol. The largest absolute Gasteiger partial charge is 0.511 e. The molecule has 0 amide bonds. The molecule has 40 heavy (non-hydrogen) atoms. The number of Topliss-reactive ketones (excluding diaryl/α,β-unsaturated/α-hetero) is 2. The quantitative estimate of drug-likeness (QED) is 0.233. The predicted octanol–water partition coefficient (Wildman–Crippen LogP) is 7.13. The van der Waals surface area contributed by atoms with Crippen molar-refractivity contribution in [3.63, 3.8) is 0 Å². The topological polar surface area (TPSA) is 140 Å². The number of hydrogen-bond donors (Lipinski definition) is 4. The lowest BCUT2D eigenvalue weighted by molar-refractivity contribution is -0.118. The van der Waals surface area contributed by atoms with Gasteiger partial charge < -0.3 is 20.4 Å². The number of aliphatic hydroxyl groups excluding tert-OH is 2. The Morgan fingerprint density at radius 3 is 1.35 bits per heavy atom. The van der Waals surface area contributed by atoms with E-state index in [4.69, 9.17) is 0 Å². The van der Waals surface area contributed by atoms with E-state index in [2.05, 4.69) is 9.98 Å². The van der Waals surface area contributed by atoms with Crippen LogP contribution in [0.2, 0.25) is 0 Å². The minimum absolute atomic E-state index is 0.0398. The average molecular weight is 545 g/mol. The van der Waals surface area contributed by atoms with Crippen molar-refractivity contribution >= 4 is 34.4 Å². The number of aromatic hydroxyl groups is 2. The van der Waals surface area contributed by atoms with Crippen LogP contribution in [0.3, 0.4) is 0 Å². The number of ketones is 2. The molecule has 0 unspecified atom stereocenters. The fourth-order valence-electron chi connectivity index (χ4n) is 5.32. The highest BCUT2D eigenvalue weighted by atomic mass is 16.3. The summed E-state index contributed by atoms with van der Waals surface area (Å²) in [6.07, 6.45) is 1.04. The third-order valence-corrected chi connectivity index (χ3v) is 7.16. The average Bonchev–Trinajstić information content (AvgIpc) is 2.83. The van der Waals surface area contributed by atoms with Gasteiger partial charge in [0.25, 0.3) is 0 Å². The van der Waals surface area contributed by atoms with Crippen molar-refractivity contribution in [2.24, 2.45) is 20.8 Å². The van der Waals surface area contributed by atoms with E-state index < -0.39 is 0 Å². The van der Waals surface area contributed by atoms with Crippen LogP contribution in [-0.4, -0.2) is 43.4 Å². The molecule has 0 spiro atoms. The Balaban J connectivity index is 1.70. The van der Waals surface area contributed by atoms with Gasteiger partial charge in [-0.3, -0.25) is 9.59 Å². The number of carbonyl (C=O) groups excluding carboxylic acids is 2. The molecule has 210 valence electrons. The van der Waals surface area contributed by atoms with Crippen molar-refractivity contribution in [1.82, 2.24) is 0 Å². The van der Waals surface area contributed by atoms with Crippen LogP contribution in [0.5, 0.6) is 11.5 Å². The summed E-state index contributed by atoms with van der Waals surface area (Å²) in [5.74, 6) is -1.09. The highest BCUT2D eigenvalue weighted by Crippen LogP contribution is 2.40. The van der Waals surface area contributed by atoms with Crippen molar-refractivity contribution in [1.29, 1.82) is 0 Å². The Kier molecular flexibility index (Phi) is 8.00. The molecule has 0 atom stereocenters. The van der Waals surface area contributed by atoms with Gasteiger partial charge in [-0.05, 0) is 47.9 Å². The number of benzene rings is 2. The summed E-state index contributed by atoms with van der Waals surface area (Å²) in [5.41, 5.74) is 0.708. The van der Waals surface area contributed by atoms with Gasteiger partial charge in [0.05, 0.1) is 22.6 Å². The third kappa shape index (κ3) is 6.50. The number of phenols is 2. The molecule has 4 N–H and O–H groups in total. The highest BCUT2D eigenvalue weighted by Gasteiger charge is 2.38. The Labute approximate surface area is 234 Å². The summed E-state index contributed by atoms with van der Waals surface area (Å²) in [4.78, 5) is 35.4. The van der Waals surface area contributed by atoms with Crippen LogP contribution in [0.15, 0.2) is 81.2 Å². The molecule has 2 aromatic carbocycles. The maximum atomic E-state index is 13.2. The van der Waals surface area contributed by atoms with Gasteiger partial charge in [-0.15, -0.1) is 0 Å². The van der Waals surface area contributed by atoms with E-state index in [0.29, 0.717) is 35.6 Å². The molecule has 2 aliphatic rings. The second kappa shape index (κ2) is 11.1. The molecule has 2 saturated carbocycles. The molecule has 0 radical (unpaired) electrons. The minimum atomic E-state index is -0.385. The first kappa shape index (κ1) is 28.8. The first-order chi connectivity index (χ1) is 18.8. The monoisotopic (exact) mass is 544 g/mol. The van der Waals surface area contributed by atoms with Crippen LogP contribution in [-0.2, 0) is 9.59 Å². The summed E-state index contributed by atoms with van der Waals surface area (Å²) in [5, 5.41) is 42.6. The second-order valence-corrected chi connectivity index (χ2v) is 12.1. The van der Waals surface area contributed by atoms with E-state index in [1.54, 1.807) is 36.4 Å². The van der Waals surface area contributed by atoms with E-state index in [9.17, 15) is 30.0 Å². The van der Waals surface area contributed by atoms with Crippen LogP contribution in [0.1, 0.15) is 66.2 Å². The fraction of sp³-hybridized carbons (Fsp3) is 0.375. The second-order valence-electron chi connectivity index (χ2n) is 12.1. The molecule has 0 heterocycles. The molecule has 4 rings (SSSR count). The molecule has 2 fully saturated rings. The number of aliphatic hydroxyl groups is 2. The van der Waals surface area contributed by atoms with E-state index in [0.717, 1.165) is 0 Å². The fourth-order valence-corrected chi connectivity index (χ4v) is 5.32. The Morgan fingerprint density at radius 2 is 1.00 bits per heavy atom. The lowest BCUT2D eigenvalue weighted by Gasteiger charge is -2.32. The van der Waals surface area contributed by atoms with Crippen LogP contribution in [0, 0.1) is 10.8 Å². The van der Waals surface area contributed by atoms with E-state index in [1.165, 1.54) is 12.1 Å². The predicted molar refractivity (Wildman–Crippen MR) is 155 cm³/mol. The summed E-state index contributed by atoms with van der Waals surface area (Å²) in [6.45, 7) is 7.77. The molecule has 8 heteroatoms. The van der Waals surface area contributed by atoms with E-state index in [-0.39, 0.29) is 82.2 Å². The Morgan fingerprint density at radius 1 is 0.650 bits per heavy atom. The first-order valence-electron chi connectivity index (χ1n) is 13.4. The van der Waals surface area contributed by atoms with Gasteiger partial charge in [0, 0.05) is 25.7 Å². The summed E-state index contributed by atoms with van der Waals surface area (Å²) in [6, 6.07) is 13.0. The highest BCUT2D eigenvalue weighted by molar-refractivity contribution is 6.26. The normalized spacial score (nSPS) is 23.4. The van der Waals surface area contributed by atoms with Crippen LogP contribution in [0.25, 0.3) is 0 Å². The number of hydrogen-bond acceptors (Lipinski definition) is 8. The number of allylic oxidation sites excluding steroid dienone is 4. The number of nitrogens with zero attached hydrogens (tertiary/aromatic N) is 2. The molecule has 0 bridgehead atoms. The number of aliphatic imine (C=N–C) groups is 2. The number of para-hydroxylation sites is 4. The maximum Gasteiger partial charge on any atom is 0.168 e. The van der Waals surface area contributed by atoms with Gasteiger partial charge in [-0.1, -0.05) is 52.0 Å². The number of carbonyl (C=O) groups is 2. The van der Waals surface area contributed by atoms with Gasteiger partial charge in [-0.25, -0.2) is 9.98 Å². The lowest BCUT2D eigenvalue weighted by atomic mass is 9.72. The number of phenolic OH excluding ortho intramolecular Hbond substituents is 2. The first-order valence-corrected chi connectivity index (χ1v) is 13.4.